The molecule has 3 N–H and O–H groups in total. The van der Waals surface area contributed by atoms with Crippen LogP contribution in [0.3, 0.4) is 0 Å². The van der Waals surface area contributed by atoms with E-state index in [4.69, 9.17) is 24.3 Å². The van der Waals surface area contributed by atoms with Crippen molar-refractivity contribution in [1.82, 2.24) is 5.32 Å². The molecule has 0 atom stereocenters. The third-order valence-electron chi connectivity index (χ3n) is 2.45. The standard InChI is InChI=1S/C13H29N2O6P/c1-3-20-22(17,21-4-2)11-5-7-15-13(16)12-19-10-9-18-8-6-14/h3-12,14H2,1-2H3,(H,15,16). The molecule has 0 bridgehead atoms. The van der Waals surface area contributed by atoms with Gasteiger partial charge in [0.2, 0.25) is 5.91 Å². The Balaban J connectivity index is 3.64. The van der Waals surface area contributed by atoms with Gasteiger partial charge in [-0.05, 0) is 20.3 Å². The number of ether oxygens (including phenoxy) is 2. The third-order valence-corrected chi connectivity index (χ3v) is 4.62. The molecule has 0 rings (SSSR count). The molecule has 1 amide bonds. The van der Waals surface area contributed by atoms with Gasteiger partial charge >= 0.3 is 7.60 Å². The molecule has 0 radical (unpaired) electrons. The summed E-state index contributed by atoms with van der Waals surface area (Å²) in [7, 11) is -3.03. The summed E-state index contributed by atoms with van der Waals surface area (Å²) >= 11 is 0. The zero-order valence-corrected chi connectivity index (χ0v) is 14.4. The Kier molecular flexibility index (Phi) is 13.8. The average molecular weight is 340 g/mol. The summed E-state index contributed by atoms with van der Waals surface area (Å²) in [6.07, 6.45) is 0.797. The van der Waals surface area contributed by atoms with Gasteiger partial charge < -0.3 is 29.6 Å². The minimum absolute atomic E-state index is 0.0272. The number of hydrogen-bond donors (Lipinski definition) is 2. The summed E-state index contributed by atoms with van der Waals surface area (Å²) in [5.41, 5.74) is 5.26. The van der Waals surface area contributed by atoms with Crippen LogP contribution in [0.25, 0.3) is 0 Å². The lowest BCUT2D eigenvalue weighted by atomic mass is 10.4. The van der Waals surface area contributed by atoms with E-state index in [1.165, 1.54) is 0 Å². The van der Waals surface area contributed by atoms with Crippen LogP contribution in [0.15, 0.2) is 0 Å². The van der Waals surface area contributed by atoms with Gasteiger partial charge in [-0.1, -0.05) is 0 Å². The van der Waals surface area contributed by atoms with Crippen LogP contribution in [-0.4, -0.2) is 64.8 Å². The van der Waals surface area contributed by atoms with Crippen LogP contribution >= 0.6 is 7.60 Å². The summed E-state index contributed by atoms with van der Waals surface area (Å²) in [4.78, 5) is 11.5. The Morgan fingerprint density at radius 3 is 2.32 bits per heavy atom. The van der Waals surface area contributed by atoms with Crippen LogP contribution in [0.2, 0.25) is 0 Å². The second-order valence-electron chi connectivity index (χ2n) is 4.33. The largest absolute Gasteiger partial charge is 0.378 e. The van der Waals surface area contributed by atoms with Gasteiger partial charge in [0.05, 0.1) is 39.2 Å². The van der Waals surface area contributed by atoms with Crippen molar-refractivity contribution in [3.05, 3.63) is 0 Å². The minimum atomic E-state index is -3.03. The number of amides is 1. The summed E-state index contributed by atoms with van der Waals surface area (Å²) in [5, 5.41) is 2.68. The molecule has 0 aromatic rings. The van der Waals surface area contributed by atoms with Crippen LogP contribution in [0, 0.1) is 0 Å². The van der Waals surface area contributed by atoms with Gasteiger partial charge in [-0.2, -0.15) is 0 Å². The van der Waals surface area contributed by atoms with E-state index in [9.17, 15) is 9.36 Å². The highest BCUT2D eigenvalue weighted by Crippen LogP contribution is 2.48. The Bertz CT molecular complexity index is 320. The summed E-state index contributed by atoms with van der Waals surface area (Å²) < 4.78 is 32.7. The van der Waals surface area contributed by atoms with Crippen molar-refractivity contribution < 1.29 is 27.9 Å². The fourth-order valence-corrected chi connectivity index (χ4v) is 3.24. The van der Waals surface area contributed by atoms with Crippen molar-refractivity contribution >= 4 is 13.5 Å². The van der Waals surface area contributed by atoms with Crippen molar-refractivity contribution in [2.24, 2.45) is 5.73 Å². The molecule has 0 aliphatic carbocycles. The van der Waals surface area contributed by atoms with E-state index >= 15 is 0 Å². The van der Waals surface area contributed by atoms with Crippen molar-refractivity contribution in [3.63, 3.8) is 0 Å². The molecule has 0 spiro atoms. The first-order valence-electron chi connectivity index (χ1n) is 7.58. The van der Waals surface area contributed by atoms with Gasteiger partial charge in [0, 0.05) is 13.1 Å². The molecular formula is C13H29N2O6P. The average Bonchev–Trinajstić information content (AvgIpc) is 2.48. The number of nitrogens with one attached hydrogen (secondary N) is 1. The fraction of sp³-hybridized carbons (Fsp3) is 0.923. The van der Waals surface area contributed by atoms with E-state index in [-0.39, 0.29) is 18.7 Å². The van der Waals surface area contributed by atoms with E-state index in [2.05, 4.69) is 5.32 Å². The molecule has 8 nitrogen and oxygen atoms in total. The van der Waals surface area contributed by atoms with Crippen LogP contribution in [0.4, 0.5) is 0 Å². The van der Waals surface area contributed by atoms with Gasteiger partial charge in [0.25, 0.3) is 0 Å². The summed E-state index contributed by atoms with van der Waals surface area (Å²) in [6.45, 7) is 6.28. The highest BCUT2D eigenvalue weighted by Gasteiger charge is 2.22. The molecule has 0 heterocycles. The molecule has 132 valence electrons. The Morgan fingerprint density at radius 2 is 1.73 bits per heavy atom. The lowest BCUT2D eigenvalue weighted by Crippen LogP contribution is -2.29. The maximum Gasteiger partial charge on any atom is 0.330 e. The first-order valence-corrected chi connectivity index (χ1v) is 9.31. The van der Waals surface area contributed by atoms with Crippen molar-refractivity contribution in [1.29, 1.82) is 0 Å². The first kappa shape index (κ1) is 21.5. The second kappa shape index (κ2) is 14.1. The van der Waals surface area contributed by atoms with E-state index in [0.29, 0.717) is 52.5 Å². The van der Waals surface area contributed by atoms with E-state index in [1.54, 1.807) is 13.8 Å². The summed E-state index contributed by atoms with van der Waals surface area (Å²) in [5.74, 6) is -0.221. The van der Waals surface area contributed by atoms with Gasteiger partial charge in [-0.25, -0.2) is 0 Å². The predicted octanol–water partition coefficient (Wildman–Crippen LogP) is 0.751. The predicted molar refractivity (Wildman–Crippen MR) is 84.0 cm³/mol. The number of carbonyl (C=O) groups is 1. The zero-order valence-electron chi connectivity index (χ0n) is 13.5. The molecule has 0 aliphatic rings. The third kappa shape index (κ3) is 12.1. The van der Waals surface area contributed by atoms with Crippen LogP contribution < -0.4 is 11.1 Å². The monoisotopic (exact) mass is 340 g/mol. The van der Waals surface area contributed by atoms with E-state index in [1.807, 2.05) is 0 Å². The highest BCUT2D eigenvalue weighted by molar-refractivity contribution is 7.53. The van der Waals surface area contributed by atoms with Crippen LogP contribution in [0.1, 0.15) is 20.3 Å². The molecule has 0 fully saturated rings. The highest BCUT2D eigenvalue weighted by atomic mass is 31.2. The fourth-order valence-electron chi connectivity index (χ4n) is 1.58. The SMILES string of the molecule is CCOP(=O)(CCCNC(=O)COCCOCCN)OCC. The smallest absolute Gasteiger partial charge is 0.330 e. The Labute approximate surface area is 132 Å². The number of carbonyl (C=O) groups excluding carboxylic acids is 1. The van der Waals surface area contributed by atoms with Crippen molar-refractivity contribution in [2.45, 2.75) is 20.3 Å². The van der Waals surface area contributed by atoms with Crippen molar-refractivity contribution in [3.8, 4) is 0 Å². The molecule has 0 aromatic heterocycles. The van der Waals surface area contributed by atoms with Gasteiger partial charge in [0.15, 0.2) is 0 Å². The van der Waals surface area contributed by atoms with Crippen LogP contribution in [0.5, 0.6) is 0 Å². The lowest BCUT2D eigenvalue weighted by molar-refractivity contribution is -0.126. The Morgan fingerprint density at radius 1 is 1.09 bits per heavy atom. The minimum Gasteiger partial charge on any atom is -0.378 e. The zero-order chi connectivity index (χ0) is 16.7. The molecule has 22 heavy (non-hydrogen) atoms. The van der Waals surface area contributed by atoms with E-state index < -0.39 is 7.60 Å². The molecule has 9 heteroatoms. The molecular weight excluding hydrogens is 311 g/mol. The van der Waals surface area contributed by atoms with Gasteiger partial charge in [-0.15, -0.1) is 0 Å². The topological polar surface area (TPSA) is 109 Å². The maximum absolute atomic E-state index is 12.2. The number of hydrogen-bond acceptors (Lipinski definition) is 7. The normalized spacial score (nSPS) is 11.6. The molecule has 0 unspecified atom stereocenters. The van der Waals surface area contributed by atoms with E-state index in [0.717, 1.165) is 0 Å². The number of nitrogens with two attached hydrogens (primary N) is 1. The quantitative estimate of drug-likeness (QED) is 0.334. The Hall–Kier alpha value is -0.500. The summed E-state index contributed by atoms with van der Waals surface area (Å²) in [6, 6.07) is 0. The van der Waals surface area contributed by atoms with Crippen LogP contribution in [-0.2, 0) is 27.9 Å². The van der Waals surface area contributed by atoms with Gasteiger partial charge in [0.1, 0.15) is 6.61 Å². The second-order valence-corrected chi connectivity index (χ2v) is 6.51. The lowest BCUT2D eigenvalue weighted by Gasteiger charge is -2.16. The number of rotatable bonds is 15. The molecule has 0 saturated heterocycles. The molecule has 0 aliphatic heterocycles. The molecule has 0 aromatic carbocycles. The maximum atomic E-state index is 12.2. The van der Waals surface area contributed by atoms with Crippen molar-refractivity contribution in [2.75, 3.05) is 58.9 Å². The molecule has 0 saturated carbocycles. The first-order chi connectivity index (χ1) is 10.6. The van der Waals surface area contributed by atoms with Gasteiger partial charge in [-0.3, -0.25) is 9.36 Å².